The van der Waals surface area contributed by atoms with Crippen LogP contribution in [0.25, 0.3) is 0 Å². The lowest BCUT2D eigenvalue weighted by Gasteiger charge is -2.38. The van der Waals surface area contributed by atoms with Gasteiger partial charge in [0.1, 0.15) is 30.1 Å². The number of hydrogen-bond acceptors (Lipinski definition) is 23. The smallest absolute Gasteiger partial charge is 0.265 e. The van der Waals surface area contributed by atoms with Crippen LogP contribution < -0.4 is 61.2 Å². The SMILES string of the molecule is C=C1CCCC2=C1C(c1ccco1)N(S(=O)(=O)c1ccc(CC)cc1)c1ccccc1N2.CC1CCN(c2cc(N3CCN(C)CC3)c3c4c2C(=O)c2ccccc2C4ON3)CC1.CCCN1CCN(c2cc(N3CCCCC3)c3c4c2NOC4c2ccccc2C3=O)CC1.CCNc1cc(N2CCCC(C)C2)c2c3c1C(=O)c1ccccc1C3ON2.Cc1ccc(C2Cc3ccccc3NC3=C2C(=O)CC(C)(C)C3)cc1. The molecule has 0 bridgehead atoms. The molecule has 0 radical (unpaired) electrons. The van der Waals surface area contributed by atoms with Crippen molar-refractivity contribution >= 4 is 101 Å². The number of fused-ring (bicyclic) bond motifs is 8. The molecule has 10 aromatic carbocycles. The summed E-state index contributed by atoms with van der Waals surface area (Å²) in [6, 6.07) is 65.1. The normalized spacial score (nSPS) is 21.8. The Hall–Kier alpha value is -13.3. The van der Waals surface area contributed by atoms with Gasteiger partial charge in [0.05, 0.1) is 84.7 Å². The molecule has 147 heavy (non-hydrogen) atoms. The summed E-state index contributed by atoms with van der Waals surface area (Å²) in [4.78, 5) is 89.7. The Labute approximate surface area is 865 Å². The molecule has 0 saturated carbocycles. The van der Waals surface area contributed by atoms with Crippen LogP contribution in [-0.4, -0.2) is 153 Å². The Morgan fingerprint density at radius 1 is 0.483 bits per heavy atom. The van der Waals surface area contributed by atoms with Gasteiger partial charge in [-0.3, -0.25) is 55.0 Å². The molecule has 11 heterocycles. The van der Waals surface area contributed by atoms with Crippen LogP contribution in [0.1, 0.15) is 271 Å². The van der Waals surface area contributed by atoms with Crippen molar-refractivity contribution in [1.29, 1.82) is 0 Å². The maximum atomic E-state index is 14.2. The molecule has 5 aliphatic carbocycles. The van der Waals surface area contributed by atoms with E-state index in [-0.39, 0.29) is 51.9 Å². The molecule has 1 aromatic heterocycles. The zero-order chi connectivity index (χ0) is 101. The summed E-state index contributed by atoms with van der Waals surface area (Å²) in [6.07, 6.45) is 16.5. The Kier molecular flexibility index (Phi) is 27.7. The number of piperidine rings is 3. The molecule has 0 spiro atoms. The number of carbonyl (C=O) groups is 4. The molecule has 762 valence electrons. The number of ketones is 4. The van der Waals surface area contributed by atoms with Gasteiger partial charge in [0, 0.05) is 178 Å². The molecule has 0 amide bonds. The number of anilines is 12. The van der Waals surface area contributed by atoms with E-state index in [1.54, 1.807) is 24.5 Å². The van der Waals surface area contributed by atoms with Gasteiger partial charge < -0.3 is 49.8 Å². The second kappa shape index (κ2) is 41.4. The summed E-state index contributed by atoms with van der Waals surface area (Å²) in [6.45, 7) is 38.1. The van der Waals surface area contributed by atoms with Crippen LogP contribution in [0.4, 0.5) is 68.2 Å². The molecular formula is C122H138N14O10S. The van der Waals surface area contributed by atoms with Crippen LogP contribution in [0.5, 0.6) is 0 Å². The van der Waals surface area contributed by atoms with E-state index in [4.69, 9.17) is 18.9 Å². The highest BCUT2D eigenvalue weighted by Crippen LogP contribution is 2.59. The predicted molar refractivity (Wildman–Crippen MR) is 588 cm³/mol. The lowest BCUT2D eigenvalue weighted by molar-refractivity contribution is -0.118. The first-order valence-electron chi connectivity index (χ1n) is 53.8. The topological polar surface area (TPSA) is 241 Å². The number of sulfonamides is 1. The molecule has 6 atom stereocenters. The number of hydrogen-bond donors (Lipinski definition) is 6. The molecule has 5 saturated heterocycles. The third-order valence-corrected chi connectivity index (χ3v) is 34.6. The number of likely N-dealkylation sites (N-methyl/N-ethyl adjacent to an activating group) is 1. The number of Topliss-reactive ketones (excluding diaryl/α,β-unsaturated/α-hetero) is 1. The number of nitrogens with one attached hydrogen (secondary N) is 6. The molecule has 10 aliphatic heterocycles. The van der Waals surface area contributed by atoms with Crippen molar-refractivity contribution < 1.29 is 46.5 Å². The third-order valence-electron chi connectivity index (χ3n) is 32.8. The van der Waals surface area contributed by atoms with Crippen molar-refractivity contribution in [3.8, 4) is 0 Å². The third kappa shape index (κ3) is 18.8. The van der Waals surface area contributed by atoms with Crippen LogP contribution in [0.2, 0.25) is 0 Å². The Morgan fingerprint density at radius 2 is 1.01 bits per heavy atom. The first-order chi connectivity index (χ1) is 71.5. The standard InChI is InChI=1S/C26H32N4O2.C26H26N2O3S.C25H30N4O2.C23H25NO.C22H25N3O2/c1-2-10-28-13-15-30(16-14-28)21-17-20(29-11-6-3-7-12-29)22-23-24(21)27-32-26(23)19-9-5-4-8-18(19)25(22)31;1-3-19-13-15-20(16-14-19)32(29,30)28-23-11-5-4-9-21(23)27-22-10-6-8-18(2)25(22)26(28)24-12-7-17-31-24;1-16-7-9-28(10-8-16)19-15-20(29-13-11-27(2)12-14-29)23-22-21(19)24(30)17-5-3-4-6-18(17)25(22)31-26-23;1-15-8-10-16(11-9-15)18-12-17-6-4-5-7-19(17)24-20-13-23(2,3)14-21(25)22(18)20;1-3-23-16-11-17(25-10-6-7-13(2)12-25)20-19-18(16)21(26)14-8-4-5-9-15(14)22(19)27-24-20/h4-5,8-9,17,26-27H,2-3,6-7,10-16H2,1H3;4-5,7,9,11-17,26-27H,2-3,6,8,10H2,1H3;3-6,15-16,25-26H,7-14H2,1-2H3;4-11,18,24H,12-14H2,1-3H3;4-5,8-9,11,13,22-24H,3,6-7,10,12H2,1-2H3. The zero-order valence-corrected chi connectivity index (χ0v) is 87.2. The van der Waals surface area contributed by atoms with Crippen molar-refractivity contribution in [1.82, 2.24) is 9.80 Å². The number of nitrogens with zero attached hydrogens (tertiary/aromatic N) is 8. The minimum Gasteiger partial charge on any atom is -0.467 e. The van der Waals surface area contributed by atoms with E-state index in [0.29, 0.717) is 29.6 Å². The average molecular weight is 1990 g/mol. The summed E-state index contributed by atoms with van der Waals surface area (Å²) in [7, 11) is -1.74. The predicted octanol–water partition coefficient (Wildman–Crippen LogP) is 23.8. The molecule has 24 nitrogen and oxygen atoms in total. The van der Waals surface area contributed by atoms with E-state index in [2.05, 4.69) is 202 Å². The van der Waals surface area contributed by atoms with Crippen molar-refractivity contribution in [3.63, 3.8) is 0 Å². The van der Waals surface area contributed by atoms with Gasteiger partial charge in [0.25, 0.3) is 10.0 Å². The zero-order valence-electron chi connectivity index (χ0n) is 86.4. The lowest BCUT2D eigenvalue weighted by atomic mass is 9.71. The summed E-state index contributed by atoms with van der Waals surface area (Å²) in [5.74, 6) is 2.78. The lowest BCUT2D eigenvalue weighted by Crippen LogP contribution is -2.46. The number of benzene rings is 10. The molecule has 5 fully saturated rings. The molecule has 15 aliphatic rings. The van der Waals surface area contributed by atoms with Gasteiger partial charge in [-0.2, -0.15) is 0 Å². The van der Waals surface area contributed by atoms with Crippen LogP contribution in [0, 0.1) is 24.2 Å². The van der Waals surface area contributed by atoms with Crippen LogP contribution in [0.3, 0.4) is 0 Å². The van der Waals surface area contributed by atoms with Crippen LogP contribution in [0.15, 0.2) is 250 Å². The Balaban J connectivity index is 0.000000105. The highest BCUT2D eigenvalue weighted by Gasteiger charge is 2.49. The van der Waals surface area contributed by atoms with Gasteiger partial charge in [-0.05, 0) is 234 Å². The summed E-state index contributed by atoms with van der Waals surface area (Å²) in [5.41, 5.74) is 42.3. The fourth-order valence-corrected chi connectivity index (χ4v) is 26.7. The first-order valence-corrected chi connectivity index (χ1v) is 55.2. The summed E-state index contributed by atoms with van der Waals surface area (Å²) < 4.78 is 35.7. The van der Waals surface area contributed by atoms with Crippen molar-refractivity contribution in [2.45, 2.75) is 187 Å². The van der Waals surface area contributed by atoms with Crippen molar-refractivity contribution in [3.05, 3.63) is 336 Å². The summed E-state index contributed by atoms with van der Waals surface area (Å²) in [5, 5.41) is 10.6. The Bertz CT molecular complexity index is 7090. The van der Waals surface area contributed by atoms with Crippen LogP contribution in [-0.2, 0) is 42.2 Å². The van der Waals surface area contributed by atoms with Crippen molar-refractivity contribution in [2.75, 3.05) is 173 Å². The average Bonchev–Trinajstić information content (AvgIpc) is 1.66. The van der Waals surface area contributed by atoms with Gasteiger partial charge in [-0.25, -0.2) is 12.7 Å². The molecule has 6 N–H and O–H groups in total. The quantitative estimate of drug-likeness (QED) is 0.0593. The van der Waals surface area contributed by atoms with Crippen molar-refractivity contribution in [2.24, 2.45) is 17.3 Å². The minimum absolute atomic E-state index is 0.0139. The van der Waals surface area contributed by atoms with Gasteiger partial charge >= 0.3 is 0 Å². The number of allylic oxidation sites excluding steroid dienone is 3. The van der Waals surface area contributed by atoms with Gasteiger partial charge in [-0.1, -0.05) is 193 Å². The highest BCUT2D eigenvalue weighted by atomic mass is 32.2. The fraction of sp³-hybridized carbons (Fsp3) is 0.393. The maximum Gasteiger partial charge on any atom is 0.265 e. The molecule has 26 rings (SSSR count). The van der Waals surface area contributed by atoms with E-state index >= 15 is 0 Å². The largest absolute Gasteiger partial charge is 0.467 e. The fourth-order valence-electron chi connectivity index (χ4n) is 25.1. The number of aryl methyl sites for hydroxylation is 2. The number of furan rings is 1. The highest BCUT2D eigenvalue weighted by molar-refractivity contribution is 7.92. The second-order valence-corrected chi connectivity index (χ2v) is 45.2. The number of para-hydroxylation sites is 3. The second-order valence-electron chi connectivity index (χ2n) is 43.4. The first kappa shape index (κ1) is 98.4. The summed E-state index contributed by atoms with van der Waals surface area (Å²) >= 11 is 0. The van der Waals surface area contributed by atoms with E-state index in [1.807, 2.05) is 115 Å². The molecule has 6 unspecified atom stereocenters. The van der Waals surface area contributed by atoms with Gasteiger partial charge in [0.2, 0.25) is 0 Å². The number of carbonyl (C=O) groups excluding carboxylic acids is 4. The Morgan fingerprint density at radius 3 is 1.59 bits per heavy atom. The molecule has 25 heteroatoms. The molecule has 11 aromatic rings. The monoisotopic (exact) mass is 1990 g/mol. The van der Waals surface area contributed by atoms with Crippen LogP contribution >= 0.6 is 0 Å². The number of piperazine rings is 2. The van der Waals surface area contributed by atoms with Gasteiger partial charge in [0.15, 0.2) is 23.1 Å². The van der Waals surface area contributed by atoms with Gasteiger partial charge in [-0.15, -0.1) is 0 Å². The van der Waals surface area contributed by atoms with E-state index in [1.165, 1.54) is 90.3 Å². The van der Waals surface area contributed by atoms with E-state index in [9.17, 15) is 27.6 Å². The minimum atomic E-state index is -3.91. The number of rotatable bonds is 14. The molecular weight excluding hydrogens is 1850 g/mol. The van der Waals surface area contributed by atoms with E-state index < -0.39 is 16.1 Å². The van der Waals surface area contributed by atoms with E-state index in [0.717, 1.165) is 294 Å². The maximum absolute atomic E-state index is 14.2.